The molecule has 0 amide bonds. The first-order valence-corrected chi connectivity index (χ1v) is 4.94. The van der Waals surface area contributed by atoms with Gasteiger partial charge in [-0.3, -0.25) is 0 Å². The van der Waals surface area contributed by atoms with Crippen molar-refractivity contribution in [2.45, 2.75) is 12.2 Å². The Hall–Kier alpha value is -1.70. The number of hydrogen-bond acceptors (Lipinski definition) is 4. The number of methoxy groups -OCH3 is 1. The van der Waals surface area contributed by atoms with Gasteiger partial charge in [-0.05, 0) is 0 Å². The minimum absolute atomic E-state index is 0.354. The Kier molecular flexibility index (Phi) is 4.23. The molecule has 9 heteroatoms. The fourth-order valence-corrected chi connectivity index (χ4v) is 1.45. The molecular weight excluding hydrogens is 279 g/mol. The molecule has 0 radical (unpaired) electrons. The number of carboxylic acids is 1. The highest BCUT2D eigenvalue weighted by atomic mass is 35.5. The molecule has 0 aliphatic carbocycles. The fourth-order valence-electron chi connectivity index (χ4n) is 1.20. The highest BCUT2D eigenvalue weighted by Crippen LogP contribution is 2.37. The van der Waals surface area contributed by atoms with Gasteiger partial charge in [0.15, 0.2) is 17.2 Å². The Morgan fingerprint density at radius 1 is 1.56 bits per heavy atom. The second-order valence-corrected chi connectivity index (χ2v) is 3.24. The van der Waals surface area contributed by atoms with E-state index < -0.39 is 35.2 Å². The number of carboxylic acid groups (broad SMARTS) is 1. The number of aromatic nitrogens is 1. The van der Waals surface area contributed by atoms with Crippen LogP contribution in [0.15, 0.2) is 6.20 Å². The van der Waals surface area contributed by atoms with Gasteiger partial charge >= 0.3 is 12.3 Å². The summed E-state index contributed by atoms with van der Waals surface area (Å²) in [4.78, 5) is 14.3. The smallest absolute Gasteiger partial charge is 0.491 e. The quantitative estimate of drug-likeness (QED) is 0.861. The Labute approximate surface area is 104 Å². The van der Waals surface area contributed by atoms with Crippen molar-refractivity contribution in [2.75, 3.05) is 7.11 Å². The standard InChI is InChI=1S/C9H7ClF3NO4/c1-17-5-3-14-6(8(15)16)4(2-10)7(5)18-9(11,12)13/h3H,2H2,1H3,(H,15,16). The molecule has 0 fully saturated rings. The van der Waals surface area contributed by atoms with E-state index in [1.807, 2.05) is 0 Å². The van der Waals surface area contributed by atoms with Crippen molar-refractivity contribution in [3.05, 3.63) is 17.5 Å². The molecule has 0 saturated carbocycles. The molecule has 100 valence electrons. The minimum Gasteiger partial charge on any atom is -0.491 e. The van der Waals surface area contributed by atoms with Crippen LogP contribution in [0.2, 0.25) is 0 Å². The second kappa shape index (κ2) is 5.30. The Balaban J connectivity index is 3.41. The van der Waals surface area contributed by atoms with E-state index in [1.54, 1.807) is 0 Å². The number of nitrogens with zero attached hydrogens (tertiary/aromatic N) is 1. The van der Waals surface area contributed by atoms with E-state index in [4.69, 9.17) is 16.7 Å². The van der Waals surface area contributed by atoms with Gasteiger partial charge in [0.05, 0.1) is 19.2 Å². The van der Waals surface area contributed by atoms with Crippen LogP contribution in [0.25, 0.3) is 0 Å². The predicted octanol–water partition coefficient (Wildman–Crippen LogP) is 2.43. The molecule has 18 heavy (non-hydrogen) atoms. The van der Waals surface area contributed by atoms with E-state index in [2.05, 4.69) is 14.5 Å². The summed E-state index contributed by atoms with van der Waals surface area (Å²) in [5.74, 6) is -3.18. The average Bonchev–Trinajstić information content (AvgIpc) is 2.26. The molecule has 1 aromatic rings. The number of alkyl halides is 4. The van der Waals surface area contributed by atoms with Gasteiger partial charge in [-0.15, -0.1) is 24.8 Å². The second-order valence-electron chi connectivity index (χ2n) is 2.97. The van der Waals surface area contributed by atoms with Crippen molar-refractivity contribution < 1.29 is 32.5 Å². The summed E-state index contributed by atoms with van der Waals surface area (Å²) in [6, 6.07) is 0. The third kappa shape index (κ3) is 3.16. The minimum atomic E-state index is -4.99. The molecule has 0 aromatic carbocycles. The fraction of sp³-hybridized carbons (Fsp3) is 0.333. The molecule has 1 rings (SSSR count). The number of carbonyl (C=O) groups is 1. The number of hydrogen-bond donors (Lipinski definition) is 1. The largest absolute Gasteiger partial charge is 0.573 e. The maximum absolute atomic E-state index is 12.2. The van der Waals surface area contributed by atoms with Gasteiger partial charge in [0, 0.05) is 5.56 Å². The number of pyridine rings is 1. The number of rotatable bonds is 4. The van der Waals surface area contributed by atoms with Crippen LogP contribution in [-0.2, 0) is 5.88 Å². The van der Waals surface area contributed by atoms with Gasteiger partial charge < -0.3 is 14.6 Å². The third-order valence-corrected chi connectivity index (χ3v) is 2.14. The van der Waals surface area contributed by atoms with Gasteiger partial charge in [0.2, 0.25) is 0 Å². The van der Waals surface area contributed by atoms with E-state index in [1.165, 1.54) is 0 Å². The summed E-state index contributed by atoms with van der Waals surface area (Å²) < 4.78 is 45.0. The monoisotopic (exact) mass is 285 g/mol. The first-order chi connectivity index (χ1) is 8.30. The molecule has 0 bridgehead atoms. The van der Waals surface area contributed by atoms with E-state index in [-0.39, 0.29) is 5.75 Å². The Bertz CT molecular complexity index is 464. The number of ether oxygens (including phenoxy) is 2. The number of halogens is 4. The van der Waals surface area contributed by atoms with Gasteiger partial charge in [-0.25, -0.2) is 9.78 Å². The molecular formula is C9H7ClF3NO4. The van der Waals surface area contributed by atoms with Crippen LogP contribution in [0, 0.1) is 0 Å². The maximum atomic E-state index is 12.2. The highest BCUT2D eigenvalue weighted by Gasteiger charge is 2.35. The van der Waals surface area contributed by atoms with Crippen LogP contribution in [0.5, 0.6) is 11.5 Å². The molecule has 0 spiro atoms. The lowest BCUT2D eigenvalue weighted by molar-refractivity contribution is -0.275. The molecule has 0 saturated heterocycles. The van der Waals surface area contributed by atoms with Crippen LogP contribution >= 0.6 is 11.6 Å². The lowest BCUT2D eigenvalue weighted by Crippen LogP contribution is -2.20. The number of aromatic carboxylic acids is 1. The zero-order valence-electron chi connectivity index (χ0n) is 8.92. The first-order valence-electron chi connectivity index (χ1n) is 4.41. The lowest BCUT2D eigenvalue weighted by atomic mass is 10.2. The van der Waals surface area contributed by atoms with Crippen molar-refractivity contribution in [2.24, 2.45) is 0 Å². The predicted molar refractivity (Wildman–Crippen MR) is 54.0 cm³/mol. The van der Waals surface area contributed by atoms with Gasteiger partial charge in [-0.1, -0.05) is 0 Å². The lowest BCUT2D eigenvalue weighted by Gasteiger charge is -2.16. The molecule has 0 atom stereocenters. The molecule has 0 aliphatic heterocycles. The summed E-state index contributed by atoms with van der Waals surface area (Å²) in [6.07, 6.45) is -4.17. The van der Waals surface area contributed by atoms with Crippen LogP contribution < -0.4 is 9.47 Å². The van der Waals surface area contributed by atoms with E-state index in [0.29, 0.717) is 0 Å². The Morgan fingerprint density at radius 3 is 2.56 bits per heavy atom. The first kappa shape index (κ1) is 14.4. The molecule has 0 unspecified atom stereocenters. The SMILES string of the molecule is COc1cnc(C(=O)O)c(CCl)c1OC(F)(F)F. The van der Waals surface area contributed by atoms with Crippen molar-refractivity contribution in [3.63, 3.8) is 0 Å². The van der Waals surface area contributed by atoms with Gasteiger partial charge in [0.1, 0.15) is 0 Å². The summed E-state index contributed by atoms with van der Waals surface area (Å²) in [5, 5.41) is 8.78. The maximum Gasteiger partial charge on any atom is 0.573 e. The van der Waals surface area contributed by atoms with E-state index in [0.717, 1.165) is 13.3 Å². The summed E-state index contributed by atoms with van der Waals surface area (Å²) >= 11 is 5.43. The highest BCUT2D eigenvalue weighted by molar-refractivity contribution is 6.17. The third-order valence-electron chi connectivity index (χ3n) is 1.87. The molecule has 1 heterocycles. The zero-order valence-corrected chi connectivity index (χ0v) is 9.67. The zero-order chi connectivity index (χ0) is 13.9. The van der Waals surface area contributed by atoms with Crippen LogP contribution in [-0.4, -0.2) is 29.5 Å². The topological polar surface area (TPSA) is 68.7 Å². The van der Waals surface area contributed by atoms with Crippen molar-refractivity contribution in [1.82, 2.24) is 4.98 Å². The van der Waals surface area contributed by atoms with Gasteiger partial charge in [-0.2, -0.15) is 0 Å². The van der Waals surface area contributed by atoms with Gasteiger partial charge in [0.25, 0.3) is 0 Å². The molecule has 1 aromatic heterocycles. The molecule has 5 nitrogen and oxygen atoms in total. The van der Waals surface area contributed by atoms with Crippen molar-refractivity contribution >= 4 is 17.6 Å². The van der Waals surface area contributed by atoms with E-state index in [9.17, 15) is 18.0 Å². The average molecular weight is 286 g/mol. The van der Waals surface area contributed by atoms with Crippen LogP contribution in [0.4, 0.5) is 13.2 Å². The van der Waals surface area contributed by atoms with Crippen molar-refractivity contribution in [1.29, 1.82) is 0 Å². The Morgan fingerprint density at radius 2 is 2.17 bits per heavy atom. The normalized spacial score (nSPS) is 11.2. The summed E-state index contributed by atoms with van der Waals surface area (Å²) in [7, 11) is 1.10. The van der Waals surface area contributed by atoms with Crippen molar-refractivity contribution in [3.8, 4) is 11.5 Å². The molecule has 0 aliphatic rings. The summed E-state index contributed by atoms with van der Waals surface area (Å²) in [6.45, 7) is 0. The molecule has 1 N–H and O–H groups in total. The van der Waals surface area contributed by atoms with Crippen LogP contribution in [0.1, 0.15) is 16.1 Å². The summed E-state index contributed by atoms with van der Waals surface area (Å²) in [5.41, 5.74) is -1.02. The van der Waals surface area contributed by atoms with E-state index >= 15 is 0 Å². The van der Waals surface area contributed by atoms with Crippen LogP contribution in [0.3, 0.4) is 0 Å².